The van der Waals surface area contributed by atoms with Crippen molar-refractivity contribution in [3.63, 3.8) is 0 Å². The molecule has 3 aromatic rings. The summed E-state index contributed by atoms with van der Waals surface area (Å²) in [6.07, 6.45) is 5.08. The number of likely N-dealkylation sites (tertiary alicyclic amines) is 1. The van der Waals surface area contributed by atoms with Crippen LogP contribution < -0.4 is 5.32 Å². The van der Waals surface area contributed by atoms with Crippen LogP contribution in [0.2, 0.25) is 0 Å². The highest BCUT2D eigenvalue weighted by Crippen LogP contribution is 2.21. The molecule has 2 amide bonds. The summed E-state index contributed by atoms with van der Waals surface area (Å²) in [6.45, 7) is 7.87. The molecule has 1 aromatic heterocycles. The van der Waals surface area contributed by atoms with Gasteiger partial charge in [0.15, 0.2) is 0 Å². The van der Waals surface area contributed by atoms with Crippen molar-refractivity contribution in [3.05, 3.63) is 88.8 Å². The number of nitrogens with one attached hydrogen (secondary N) is 1. The van der Waals surface area contributed by atoms with Gasteiger partial charge in [0.05, 0.1) is 18.2 Å². The van der Waals surface area contributed by atoms with Crippen LogP contribution in [0.15, 0.2) is 60.7 Å². The molecule has 34 heavy (non-hydrogen) atoms. The van der Waals surface area contributed by atoms with Gasteiger partial charge in [-0.05, 0) is 57.4 Å². The standard InChI is InChI=1S/C28H32N4O2/c1-20-11-13-23(14-12-20)18-32-22(3)26(21(2)30-32)15-16-27(33)31-17-7-8-24(19-31)28(34)29-25-9-5-4-6-10-25/h4-6,9-16,24H,7-8,17-19H2,1-3H3,(H,29,34). The highest BCUT2D eigenvalue weighted by Gasteiger charge is 2.27. The van der Waals surface area contributed by atoms with Gasteiger partial charge in [0.1, 0.15) is 0 Å². The third-order valence-electron chi connectivity index (χ3n) is 6.43. The molecular weight excluding hydrogens is 424 g/mol. The predicted octanol–water partition coefficient (Wildman–Crippen LogP) is 4.75. The quantitative estimate of drug-likeness (QED) is 0.545. The van der Waals surface area contributed by atoms with E-state index in [0.29, 0.717) is 19.6 Å². The number of anilines is 1. The van der Waals surface area contributed by atoms with E-state index in [4.69, 9.17) is 0 Å². The molecule has 2 aromatic carbocycles. The maximum atomic E-state index is 12.9. The van der Waals surface area contributed by atoms with Gasteiger partial charge in [-0.2, -0.15) is 5.10 Å². The summed E-state index contributed by atoms with van der Waals surface area (Å²) in [5, 5.41) is 7.64. The molecule has 6 heteroatoms. The number of amides is 2. The summed E-state index contributed by atoms with van der Waals surface area (Å²) < 4.78 is 1.98. The summed E-state index contributed by atoms with van der Waals surface area (Å²) in [7, 11) is 0. The Kier molecular flexibility index (Phi) is 7.26. The molecule has 2 heterocycles. The molecule has 176 valence electrons. The molecular formula is C28H32N4O2. The molecule has 6 nitrogen and oxygen atoms in total. The zero-order valence-electron chi connectivity index (χ0n) is 20.1. The number of nitrogens with zero attached hydrogens (tertiary/aromatic N) is 3. The largest absolute Gasteiger partial charge is 0.338 e. The van der Waals surface area contributed by atoms with Crippen LogP contribution in [-0.2, 0) is 16.1 Å². The van der Waals surface area contributed by atoms with Crippen LogP contribution in [0.5, 0.6) is 0 Å². The Morgan fingerprint density at radius 2 is 1.79 bits per heavy atom. The third-order valence-corrected chi connectivity index (χ3v) is 6.43. The summed E-state index contributed by atoms with van der Waals surface area (Å²) >= 11 is 0. The van der Waals surface area contributed by atoms with E-state index < -0.39 is 0 Å². The molecule has 1 atom stereocenters. The molecule has 1 unspecified atom stereocenters. The second-order valence-corrected chi connectivity index (χ2v) is 9.04. The number of aromatic nitrogens is 2. The van der Waals surface area contributed by atoms with Crippen molar-refractivity contribution in [1.82, 2.24) is 14.7 Å². The van der Waals surface area contributed by atoms with Crippen molar-refractivity contribution in [2.45, 2.75) is 40.2 Å². The number of carbonyl (C=O) groups is 2. The van der Waals surface area contributed by atoms with Crippen LogP contribution in [0.4, 0.5) is 5.69 Å². The van der Waals surface area contributed by atoms with Crippen molar-refractivity contribution in [2.75, 3.05) is 18.4 Å². The maximum Gasteiger partial charge on any atom is 0.246 e. The fourth-order valence-corrected chi connectivity index (χ4v) is 4.39. The first-order chi connectivity index (χ1) is 16.4. The molecule has 0 aliphatic carbocycles. The van der Waals surface area contributed by atoms with E-state index in [1.54, 1.807) is 11.0 Å². The molecule has 0 spiro atoms. The number of carbonyl (C=O) groups excluding carboxylic acids is 2. The van der Waals surface area contributed by atoms with Crippen molar-refractivity contribution in [2.24, 2.45) is 5.92 Å². The zero-order chi connectivity index (χ0) is 24.1. The molecule has 4 rings (SSSR count). The van der Waals surface area contributed by atoms with Gasteiger partial charge >= 0.3 is 0 Å². The van der Waals surface area contributed by atoms with Crippen molar-refractivity contribution in [1.29, 1.82) is 0 Å². The fraction of sp³-hybridized carbons (Fsp3) is 0.321. The predicted molar refractivity (Wildman–Crippen MR) is 135 cm³/mol. The second kappa shape index (κ2) is 10.5. The minimum Gasteiger partial charge on any atom is -0.338 e. The van der Waals surface area contributed by atoms with Crippen LogP contribution in [0.1, 0.15) is 40.9 Å². The number of rotatable bonds is 6. The first-order valence-corrected chi connectivity index (χ1v) is 11.8. The number of para-hydroxylation sites is 1. The second-order valence-electron chi connectivity index (χ2n) is 9.04. The van der Waals surface area contributed by atoms with Gasteiger partial charge in [-0.25, -0.2) is 0 Å². The minimum absolute atomic E-state index is 0.0308. The lowest BCUT2D eigenvalue weighted by atomic mass is 9.97. The number of benzene rings is 2. The van der Waals surface area contributed by atoms with Gasteiger partial charge in [0, 0.05) is 36.1 Å². The Hall–Kier alpha value is -3.67. The average molecular weight is 457 g/mol. The van der Waals surface area contributed by atoms with E-state index in [2.05, 4.69) is 41.6 Å². The Balaban J connectivity index is 1.39. The topological polar surface area (TPSA) is 67.2 Å². The Morgan fingerprint density at radius 1 is 1.06 bits per heavy atom. The summed E-state index contributed by atoms with van der Waals surface area (Å²) in [5.41, 5.74) is 6.10. The highest BCUT2D eigenvalue weighted by molar-refractivity contribution is 5.95. The van der Waals surface area contributed by atoms with E-state index in [1.807, 2.05) is 54.9 Å². The van der Waals surface area contributed by atoms with Crippen LogP contribution in [0, 0.1) is 26.7 Å². The van der Waals surface area contributed by atoms with Crippen LogP contribution >= 0.6 is 0 Å². The molecule has 1 fully saturated rings. The maximum absolute atomic E-state index is 12.9. The van der Waals surface area contributed by atoms with Gasteiger partial charge in [0.25, 0.3) is 0 Å². The van der Waals surface area contributed by atoms with Crippen molar-refractivity contribution in [3.8, 4) is 0 Å². The van der Waals surface area contributed by atoms with Gasteiger partial charge in [0.2, 0.25) is 11.8 Å². The fourth-order valence-electron chi connectivity index (χ4n) is 4.39. The monoisotopic (exact) mass is 456 g/mol. The average Bonchev–Trinajstić information content (AvgIpc) is 3.11. The first-order valence-electron chi connectivity index (χ1n) is 11.8. The van der Waals surface area contributed by atoms with Crippen LogP contribution in [0.25, 0.3) is 6.08 Å². The summed E-state index contributed by atoms with van der Waals surface area (Å²) in [4.78, 5) is 27.4. The van der Waals surface area contributed by atoms with Crippen LogP contribution in [0.3, 0.4) is 0 Å². The van der Waals surface area contributed by atoms with E-state index in [-0.39, 0.29) is 17.7 Å². The van der Waals surface area contributed by atoms with E-state index in [1.165, 1.54) is 11.1 Å². The molecule has 0 radical (unpaired) electrons. The first kappa shape index (κ1) is 23.5. The number of hydrogen-bond acceptors (Lipinski definition) is 3. The lowest BCUT2D eigenvalue weighted by Gasteiger charge is -2.31. The van der Waals surface area contributed by atoms with E-state index in [9.17, 15) is 9.59 Å². The van der Waals surface area contributed by atoms with Crippen molar-refractivity contribution < 1.29 is 9.59 Å². The van der Waals surface area contributed by atoms with Crippen molar-refractivity contribution >= 4 is 23.6 Å². The zero-order valence-corrected chi connectivity index (χ0v) is 20.1. The van der Waals surface area contributed by atoms with Gasteiger partial charge < -0.3 is 10.2 Å². The number of piperidine rings is 1. The Labute approximate surface area is 201 Å². The molecule has 1 aliphatic rings. The Bertz CT molecular complexity index is 1180. The molecule has 1 aliphatic heterocycles. The lowest BCUT2D eigenvalue weighted by Crippen LogP contribution is -2.43. The molecule has 1 saturated heterocycles. The Morgan fingerprint density at radius 3 is 2.53 bits per heavy atom. The minimum atomic E-state index is -0.202. The normalized spacial score (nSPS) is 16.1. The lowest BCUT2D eigenvalue weighted by molar-refractivity contribution is -0.130. The number of aryl methyl sites for hydroxylation is 2. The molecule has 0 saturated carbocycles. The third kappa shape index (κ3) is 5.63. The van der Waals surface area contributed by atoms with E-state index in [0.717, 1.165) is 35.5 Å². The van der Waals surface area contributed by atoms with E-state index >= 15 is 0 Å². The number of hydrogen-bond donors (Lipinski definition) is 1. The van der Waals surface area contributed by atoms with Gasteiger partial charge in [-0.3, -0.25) is 14.3 Å². The van der Waals surface area contributed by atoms with Gasteiger partial charge in [-0.1, -0.05) is 48.0 Å². The van der Waals surface area contributed by atoms with Crippen LogP contribution in [-0.4, -0.2) is 39.6 Å². The summed E-state index contributed by atoms with van der Waals surface area (Å²) in [6, 6.07) is 17.9. The molecule has 1 N–H and O–H groups in total. The summed E-state index contributed by atoms with van der Waals surface area (Å²) in [5.74, 6) is -0.300. The van der Waals surface area contributed by atoms with Gasteiger partial charge in [-0.15, -0.1) is 0 Å². The highest BCUT2D eigenvalue weighted by atomic mass is 16.2. The smallest absolute Gasteiger partial charge is 0.246 e. The SMILES string of the molecule is Cc1ccc(Cn2nc(C)c(C=CC(=O)N3CCCC(C(=O)Nc4ccccc4)C3)c2C)cc1. The molecule has 0 bridgehead atoms.